The molecule has 2 saturated heterocycles. The third kappa shape index (κ3) is 2.08. The van der Waals surface area contributed by atoms with E-state index in [-0.39, 0.29) is 0 Å². The van der Waals surface area contributed by atoms with Gasteiger partial charge in [0.05, 0.1) is 0 Å². The van der Waals surface area contributed by atoms with E-state index >= 15 is 0 Å². The highest BCUT2D eigenvalue weighted by Gasteiger charge is 2.43. The van der Waals surface area contributed by atoms with Gasteiger partial charge in [0.25, 0.3) is 0 Å². The van der Waals surface area contributed by atoms with E-state index in [0.29, 0.717) is 25.0 Å². The number of hydrogen-bond donors (Lipinski definition) is 1. The van der Waals surface area contributed by atoms with Crippen LogP contribution in [0.15, 0.2) is 30.3 Å². The molecule has 0 aromatic heterocycles. The maximum atomic E-state index is 11.0. The van der Waals surface area contributed by atoms with Crippen molar-refractivity contribution in [2.75, 3.05) is 19.6 Å². The third-order valence-electron chi connectivity index (χ3n) is 4.16. The minimum Gasteiger partial charge on any atom is -0.465 e. The number of carboxylic acid groups (broad SMARTS) is 1. The van der Waals surface area contributed by atoms with Crippen molar-refractivity contribution in [3.8, 4) is 0 Å². The number of nitrogens with zero attached hydrogens (tertiary/aromatic N) is 2. The molecule has 96 valence electrons. The van der Waals surface area contributed by atoms with Gasteiger partial charge >= 0.3 is 6.09 Å². The Balaban J connectivity index is 1.62. The summed E-state index contributed by atoms with van der Waals surface area (Å²) >= 11 is 0. The van der Waals surface area contributed by atoms with Crippen molar-refractivity contribution < 1.29 is 9.90 Å². The lowest BCUT2D eigenvalue weighted by Crippen LogP contribution is -2.64. The number of benzene rings is 1. The van der Waals surface area contributed by atoms with E-state index in [1.807, 2.05) is 6.07 Å². The lowest BCUT2D eigenvalue weighted by Gasteiger charge is -2.53. The summed E-state index contributed by atoms with van der Waals surface area (Å²) in [4.78, 5) is 15.0. The summed E-state index contributed by atoms with van der Waals surface area (Å²) in [6.45, 7) is 3.44. The number of likely N-dealkylation sites (tertiary alicyclic amines) is 2. The number of fused-ring (bicyclic) bond motifs is 1. The van der Waals surface area contributed by atoms with Crippen LogP contribution in [0.25, 0.3) is 0 Å². The van der Waals surface area contributed by atoms with Gasteiger partial charge < -0.3 is 10.0 Å². The SMILES string of the molecule is O=C(O)N1CC[C@@H]2CN(Cc3ccccc3)[C@@H]2C1. The minimum atomic E-state index is -0.778. The van der Waals surface area contributed by atoms with Crippen LogP contribution in [0.3, 0.4) is 0 Å². The van der Waals surface area contributed by atoms with Crippen LogP contribution in [0.5, 0.6) is 0 Å². The van der Waals surface area contributed by atoms with E-state index in [1.54, 1.807) is 4.90 Å². The Morgan fingerprint density at radius 2 is 2.06 bits per heavy atom. The van der Waals surface area contributed by atoms with Crippen molar-refractivity contribution in [1.29, 1.82) is 0 Å². The van der Waals surface area contributed by atoms with Crippen molar-refractivity contribution in [3.63, 3.8) is 0 Å². The summed E-state index contributed by atoms with van der Waals surface area (Å²) in [6, 6.07) is 10.8. The molecular formula is C14H18N2O2. The van der Waals surface area contributed by atoms with Gasteiger partial charge in [0.15, 0.2) is 0 Å². The highest BCUT2D eigenvalue weighted by atomic mass is 16.4. The van der Waals surface area contributed by atoms with Gasteiger partial charge in [-0.3, -0.25) is 4.90 Å². The first kappa shape index (κ1) is 11.5. The maximum Gasteiger partial charge on any atom is 0.407 e. The lowest BCUT2D eigenvalue weighted by molar-refractivity contribution is -0.0437. The van der Waals surface area contributed by atoms with Crippen LogP contribution >= 0.6 is 0 Å². The number of amides is 1. The Hall–Kier alpha value is -1.55. The van der Waals surface area contributed by atoms with Gasteiger partial charge in [-0.25, -0.2) is 4.79 Å². The molecule has 2 heterocycles. The molecule has 1 aromatic rings. The summed E-state index contributed by atoms with van der Waals surface area (Å²) in [5.41, 5.74) is 1.31. The quantitative estimate of drug-likeness (QED) is 0.866. The summed E-state index contributed by atoms with van der Waals surface area (Å²) in [5, 5.41) is 9.05. The second kappa shape index (κ2) is 4.61. The minimum absolute atomic E-state index is 0.426. The zero-order valence-corrected chi connectivity index (χ0v) is 10.3. The lowest BCUT2D eigenvalue weighted by atomic mass is 9.82. The Bertz CT molecular complexity index is 435. The molecule has 1 N–H and O–H groups in total. The van der Waals surface area contributed by atoms with Crippen molar-refractivity contribution in [1.82, 2.24) is 9.80 Å². The summed E-state index contributed by atoms with van der Waals surface area (Å²) in [6.07, 6.45) is 0.238. The molecule has 0 radical (unpaired) electrons. The number of rotatable bonds is 2. The van der Waals surface area contributed by atoms with E-state index in [4.69, 9.17) is 5.11 Å². The Labute approximate surface area is 107 Å². The van der Waals surface area contributed by atoms with Gasteiger partial charge in [-0.2, -0.15) is 0 Å². The molecule has 2 fully saturated rings. The summed E-state index contributed by atoms with van der Waals surface area (Å²) < 4.78 is 0. The monoisotopic (exact) mass is 246 g/mol. The van der Waals surface area contributed by atoms with Crippen LogP contribution in [-0.2, 0) is 6.54 Å². The molecule has 0 spiro atoms. The zero-order valence-electron chi connectivity index (χ0n) is 10.3. The average molecular weight is 246 g/mol. The highest BCUT2D eigenvalue weighted by molar-refractivity contribution is 5.65. The number of carbonyl (C=O) groups is 1. The van der Waals surface area contributed by atoms with Gasteiger partial charge in [0.1, 0.15) is 0 Å². The van der Waals surface area contributed by atoms with Crippen molar-refractivity contribution in [2.45, 2.75) is 19.0 Å². The van der Waals surface area contributed by atoms with Crippen molar-refractivity contribution in [2.24, 2.45) is 5.92 Å². The molecular weight excluding hydrogens is 228 g/mol. The van der Waals surface area contributed by atoms with Gasteiger partial charge in [-0.1, -0.05) is 30.3 Å². The highest BCUT2D eigenvalue weighted by Crippen LogP contribution is 2.33. The molecule has 4 nitrogen and oxygen atoms in total. The molecule has 2 aliphatic heterocycles. The fraction of sp³-hybridized carbons (Fsp3) is 0.500. The molecule has 0 saturated carbocycles. The van der Waals surface area contributed by atoms with Gasteiger partial charge in [-0.05, 0) is 17.9 Å². The maximum absolute atomic E-state index is 11.0. The van der Waals surface area contributed by atoms with Crippen LogP contribution in [0.1, 0.15) is 12.0 Å². The molecule has 2 atom stereocenters. The number of hydrogen-bond acceptors (Lipinski definition) is 2. The molecule has 4 heteroatoms. The summed E-state index contributed by atoms with van der Waals surface area (Å²) in [5.74, 6) is 0.698. The number of piperidine rings is 1. The Morgan fingerprint density at radius 3 is 2.78 bits per heavy atom. The molecule has 3 rings (SSSR count). The van der Waals surface area contributed by atoms with Gasteiger partial charge in [-0.15, -0.1) is 0 Å². The topological polar surface area (TPSA) is 43.8 Å². The molecule has 18 heavy (non-hydrogen) atoms. The van der Waals surface area contributed by atoms with Gasteiger partial charge in [0.2, 0.25) is 0 Å². The largest absolute Gasteiger partial charge is 0.465 e. The van der Waals surface area contributed by atoms with Crippen LogP contribution in [0.2, 0.25) is 0 Å². The standard InChI is InChI=1S/C14H18N2O2/c17-14(18)15-7-6-12-9-16(13(12)10-15)8-11-4-2-1-3-5-11/h1-5,12-13H,6-10H2,(H,17,18)/t12-,13-/m1/s1. The fourth-order valence-corrected chi connectivity index (χ4v) is 3.08. The third-order valence-corrected chi connectivity index (χ3v) is 4.16. The van der Waals surface area contributed by atoms with E-state index in [1.165, 1.54) is 5.56 Å². The smallest absolute Gasteiger partial charge is 0.407 e. The molecule has 2 aliphatic rings. The van der Waals surface area contributed by atoms with E-state index < -0.39 is 6.09 Å². The first-order valence-electron chi connectivity index (χ1n) is 6.50. The fourth-order valence-electron chi connectivity index (χ4n) is 3.08. The van der Waals surface area contributed by atoms with Crippen LogP contribution in [-0.4, -0.2) is 46.7 Å². The second-order valence-electron chi connectivity index (χ2n) is 5.26. The average Bonchev–Trinajstić information content (AvgIpc) is 2.37. The van der Waals surface area contributed by atoms with E-state index in [9.17, 15) is 4.79 Å². The predicted molar refractivity (Wildman–Crippen MR) is 68.3 cm³/mol. The first-order chi connectivity index (χ1) is 8.74. The molecule has 0 unspecified atom stereocenters. The summed E-state index contributed by atoms with van der Waals surface area (Å²) in [7, 11) is 0. The van der Waals surface area contributed by atoms with Crippen LogP contribution in [0, 0.1) is 5.92 Å². The predicted octanol–water partition coefficient (Wildman–Crippen LogP) is 1.87. The van der Waals surface area contributed by atoms with Gasteiger partial charge in [0, 0.05) is 32.2 Å². The van der Waals surface area contributed by atoms with Crippen LogP contribution in [0.4, 0.5) is 4.79 Å². The molecule has 0 bridgehead atoms. The van der Waals surface area contributed by atoms with Crippen LogP contribution < -0.4 is 0 Å². The normalized spacial score (nSPS) is 27.4. The van der Waals surface area contributed by atoms with E-state index in [0.717, 1.165) is 19.5 Å². The molecule has 1 amide bonds. The van der Waals surface area contributed by atoms with E-state index in [2.05, 4.69) is 29.2 Å². The molecule has 1 aromatic carbocycles. The Morgan fingerprint density at radius 1 is 1.28 bits per heavy atom. The first-order valence-corrected chi connectivity index (χ1v) is 6.50. The van der Waals surface area contributed by atoms with Crippen molar-refractivity contribution >= 4 is 6.09 Å². The Kier molecular flexibility index (Phi) is 2.96. The zero-order chi connectivity index (χ0) is 12.5. The molecule has 0 aliphatic carbocycles. The second-order valence-corrected chi connectivity index (χ2v) is 5.26. The van der Waals surface area contributed by atoms with Crippen molar-refractivity contribution in [3.05, 3.63) is 35.9 Å².